The molecule has 1 heterocycles. The fraction of sp³-hybridized carbons (Fsp3) is 0.583. The van der Waals surface area contributed by atoms with Crippen LogP contribution in [0.15, 0.2) is 18.5 Å². The number of rotatable bonds is 2. The number of pyridine rings is 1. The van der Waals surface area contributed by atoms with Crippen molar-refractivity contribution in [3.63, 3.8) is 0 Å². The molecule has 0 spiro atoms. The van der Waals surface area contributed by atoms with E-state index < -0.39 is 5.60 Å². The van der Waals surface area contributed by atoms with E-state index in [-0.39, 0.29) is 11.7 Å². The topological polar surface area (TPSA) is 33.1 Å². The van der Waals surface area contributed by atoms with Gasteiger partial charge in [-0.25, -0.2) is 4.39 Å². The van der Waals surface area contributed by atoms with Gasteiger partial charge in [-0.05, 0) is 31.2 Å². The molecule has 0 bridgehead atoms. The van der Waals surface area contributed by atoms with Gasteiger partial charge in [0.05, 0.1) is 11.8 Å². The number of hydrogen-bond donors (Lipinski definition) is 1. The number of hydrogen-bond acceptors (Lipinski definition) is 2. The van der Waals surface area contributed by atoms with Crippen molar-refractivity contribution in [1.82, 2.24) is 4.98 Å². The number of aliphatic hydroxyl groups is 1. The first-order valence-electron chi connectivity index (χ1n) is 5.51. The van der Waals surface area contributed by atoms with E-state index in [1.54, 1.807) is 12.3 Å². The minimum atomic E-state index is -0.970. The van der Waals surface area contributed by atoms with Crippen molar-refractivity contribution in [3.8, 4) is 0 Å². The second-order valence-corrected chi connectivity index (χ2v) is 4.28. The molecule has 2 atom stereocenters. The van der Waals surface area contributed by atoms with Crippen molar-refractivity contribution in [2.75, 3.05) is 0 Å². The van der Waals surface area contributed by atoms with E-state index >= 15 is 0 Å². The summed E-state index contributed by atoms with van der Waals surface area (Å²) in [7, 11) is 0. The zero-order valence-electron chi connectivity index (χ0n) is 8.91. The second-order valence-electron chi connectivity index (χ2n) is 4.28. The van der Waals surface area contributed by atoms with Gasteiger partial charge in [-0.1, -0.05) is 13.3 Å². The molecule has 0 amide bonds. The molecule has 0 radical (unpaired) electrons. The first-order valence-corrected chi connectivity index (χ1v) is 5.51. The van der Waals surface area contributed by atoms with Crippen LogP contribution < -0.4 is 0 Å². The van der Waals surface area contributed by atoms with Crippen LogP contribution in [-0.4, -0.2) is 10.1 Å². The Kier molecular flexibility index (Phi) is 2.74. The molecule has 0 aliphatic heterocycles. The van der Waals surface area contributed by atoms with Crippen molar-refractivity contribution >= 4 is 0 Å². The Bertz CT molecular complexity index is 355. The first kappa shape index (κ1) is 10.6. The number of nitrogens with zero attached hydrogens (tertiary/aromatic N) is 1. The summed E-state index contributed by atoms with van der Waals surface area (Å²) in [6, 6.07) is 1.60. The van der Waals surface area contributed by atoms with Gasteiger partial charge in [-0.3, -0.25) is 4.98 Å². The minimum absolute atomic E-state index is 0.175. The van der Waals surface area contributed by atoms with E-state index in [4.69, 9.17) is 0 Å². The monoisotopic (exact) mass is 209 g/mol. The Morgan fingerprint density at radius 1 is 1.67 bits per heavy atom. The molecule has 1 aliphatic rings. The van der Waals surface area contributed by atoms with Crippen molar-refractivity contribution in [2.45, 2.75) is 38.2 Å². The summed E-state index contributed by atoms with van der Waals surface area (Å²) in [6.07, 6.45) is 6.22. The van der Waals surface area contributed by atoms with Gasteiger partial charge in [0.2, 0.25) is 0 Å². The Hall–Kier alpha value is -0.960. The fourth-order valence-electron chi connectivity index (χ4n) is 2.68. The lowest BCUT2D eigenvalue weighted by Crippen LogP contribution is -2.31. The smallest absolute Gasteiger partial charge is 0.147 e. The lowest BCUT2D eigenvalue weighted by atomic mass is 9.83. The van der Waals surface area contributed by atoms with Gasteiger partial charge < -0.3 is 5.11 Å². The molecule has 1 N–H and O–H groups in total. The van der Waals surface area contributed by atoms with Crippen LogP contribution in [0.2, 0.25) is 0 Å². The van der Waals surface area contributed by atoms with E-state index in [2.05, 4.69) is 4.98 Å². The maximum absolute atomic E-state index is 13.6. The van der Waals surface area contributed by atoms with Crippen LogP contribution in [0.3, 0.4) is 0 Å². The average molecular weight is 209 g/mol. The highest BCUT2D eigenvalue weighted by Gasteiger charge is 2.42. The van der Waals surface area contributed by atoms with E-state index in [9.17, 15) is 9.50 Å². The third kappa shape index (κ3) is 1.65. The number of aromatic nitrogens is 1. The summed E-state index contributed by atoms with van der Waals surface area (Å²) in [6.45, 7) is 2.04. The largest absolute Gasteiger partial charge is 0.385 e. The third-order valence-electron chi connectivity index (χ3n) is 3.52. The van der Waals surface area contributed by atoms with Crippen molar-refractivity contribution in [1.29, 1.82) is 0 Å². The molecule has 1 saturated carbocycles. The van der Waals surface area contributed by atoms with Gasteiger partial charge in [0.15, 0.2) is 0 Å². The molecule has 2 rings (SSSR count). The summed E-state index contributed by atoms with van der Waals surface area (Å²) >= 11 is 0. The molecule has 82 valence electrons. The van der Waals surface area contributed by atoms with Crippen LogP contribution in [0.25, 0.3) is 0 Å². The molecule has 1 aromatic rings. The molecule has 1 fully saturated rings. The van der Waals surface area contributed by atoms with E-state index in [1.807, 2.05) is 6.92 Å². The van der Waals surface area contributed by atoms with E-state index in [0.29, 0.717) is 12.0 Å². The maximum atomic E-state index is 13.6. The second kappa shape index (κ2) is 3.89. The standard InChI is InChI=1S/C12H16FNO/c1-2-9-4-3-6-12(9,15)10-5-7-14-8-11(10)13/h5,7-9,15H,2-4,6H2,1H3. The van der Waals surface area contributed by atoms with Crippen molar-refractivity contribution in [3.05, 3.63) is 29.8 Å². The summed E-state index contributed by atoms with van der Waals surface area (Å²) in [5, 5.41) is 10.5. The van der Waals surface area contributed by atoms with Gasteiger partial charge in [-0.15, -0.1) is 0 Å². The predicted molar refractivity (Wildman–Crippen MR) is 55.7 cm³/mol. The summed E-state index contributed by atoms with van der Waals surface area (Å²) in [5.74, 6) is -0.213. The van der Waals surface area contributed by atoms with Gasteiger partial charge in [0, 0.05) is 11.8 Å². The molecule has 2 unspecified atom stereocenters. The Balaban J connectivity index is 2.40. The zero-order chi connectivity index (χ0) is 10.9. The van der Waals surface area contributed by atoms with Crippen molar-refractivity contribution in [2.24, 2.45) is 5.92 Å². The van der Waals surface area contributed by atoms with Crippen LogP contribution >= 0.6 is 0 Å². The van der Waals surface area contributed by atoms with Gasteiger partial charge >= 0.3 is 0 Å². The Morgan fingerprint density at radius 3 is 3.13 bits per heavy atom. The van der Waals surface area contributed by atoms with Crippen LogP contribution in [0.4, 0.5) is 4.39 Å². The molecule has 1 aliphatic carbocycles. The highest BCUT2D eigenvalue weighted by Crippen LogP contribution is 2.45. The molecule has 0 saturated heterocycles. The molecular formula is C12H16FNO. The summed E-state index contributed by atoms with van der Waals surface area (Å²) < 4.78 is 13.6. The minimum Gasteiger partial charge on any atom is -0.385 e. The van der Waals surface area contributed by atoms with Gasteiger partial charge in [-0.2, -0.15) is 0 Å². The lowest BCUT2D eigenvalue weighted by Gasteiger charge is -2.30. The molecule has 3 heteroatoms. The van der Waals surface area contributed by atoms with Crippen LogP contribution in [-0.2, 0) is 5.60 Å². The lowest BCUT2D eigenvalue weighted by molar-refractivity contribution is -0.00714. The SMILES string of the molecule is CCC1CCCC1(O)c1ccncc1F. The third-order valence-corrected chi connectivity index (χ3v) is 3.52. The number of halogens is 1. The molecule has 2 nitrogen and oxygen atoms in total. The quantitative estimate of drug-likeness (QED) is 0.812. The highest BCUT2D eigenvalue weighted by atomic mass is 19.1. The zero-order valence-corrected chi connectivity index (χ0v) is 8.91. The van der Waals surface area contributed by atoms with Crippen LogP contribution in [0.1, 0.15) is 38.2 Å². The molecule has 15 heavy (non-hydrogen) atoms. The molecule has 0 aromatic carbocycles. The van der Waals surface area contributed by atoms with Crippen LogP contribution in [0.5, 0.6) is 0 Å². The highest BCUT2D eigenvalue weighted by molar-refractivity contribution is 5.23. The Labute approximate surface area is 89.2 Å². The van der Waals surface area contributed by atoms with Gasteiger partial charge in [0.1, 0.15) is 5.82 Å². The summed E-state index contributed by atoms with van der Waals surface area (Å²) in [5.41, 5.74) is -0.552. The first-order chi connectivity index (χ1) is 7.18. The molecule has 1 aromatic heterocycles. The molecular weight excluding hydrogens is 193 g/mol. The maximum Gasteiger partial charge on any atom is 0.147 e. The van der Waals surface area contributed by atoms with Crippen molar-refractivity contribution < 1.29 is 9.50 Å². The van der Waals surface area contributed by atoms with E-state index in [1.165, 1.54) is 6.20 Å². The van der Waals surface area contributed by atoms with E-state index in [0.717, 1.165) is 19.3 Å². The predicted octanol–water partition coefficient (Wildman–Crippen LogP) is 2.62. The normalized spacial score (nSPS) is 30.7. The summed E-state index contributed by atoms with van der Waals surface area (Å²) in [4.78, 5) is 3.71. The van der Waals surface area contributed by atoms with Gasteiger partial charge in [0.25, 0.3) is 0 Å². The Morgan fingerprint density at radius 2 is 2.47 bits per heavy atom. The average Bonchev–Trinajstić information content (AvgIpc) is 2.61. The fourth-order valence-corrected chi connectivity index (χ4v) is 2.68. The van der Waals surface area contributed by atoms with Crippen LogP contribution in [0, 0.1) is 11.7 Å².